The van der Waals surface area contributed by atoms with E-state index < -0.39 is 6.17 Å². The summed E-state index contributed by atoms with van der Waals surface area (Å²) in [5, 5.41) is 10.3. The minimum absolute atomic E-state index is 0.475. The fraction of sp³-hybridized carbons (Fsp3) is 0.0204. The van der Waals surface area contributed by atoms with Crippen LogP contribution >= 0.6 is 0 Å². The predicted octanol–water partition coefficient (Wildman–Crippen LogP) is 12.5. The van der Waals surface area contributed by atoms with Crippen LogP contribution in [0.4, 0.5) is 0 Å². The first-order chi connectivity index (χ1) is 26.7. The number of rotatable bonds is 5. The average Bonchev–Trinajstić information content (AvgIpc) is 3.82. The van der Waals surface area contributed by atoms with E-state index in [4.69, 9.17) is 18.8 Å². The van der Waals surface area contributed by atoms with E-state index in [1.54, 1.807) is 0 Å². The molecule has 0 amide bonds. The van der Waals surface area contributed by atoms with Crippen LogP contribution in [0.2, 0.25) is 0 Å². The molecule has 0 saturated carbocycles. The summed E-state index contributed by atoms with van der Waals surface area (Å²) in [7, 11) is 0. The SMILES string of the molecule is c1ccc(-c2ccc(C3=NC(c4ccc5ccccc5c4)=NC(c4cc(-c5cccc6oc7ccccc7c56)cc5oc6ccccc6c45)N3)cc2)cc1. The molecule has 5 nitrogen and oxygen atoms in total. The molecular weight excluding hydrogens is 663 g/mol. The molecule has 54 heavy (non-hydrogen) atoms. The largest absolute Gasteiger partial charge is 0.456 e. The zero-order chi connectivity index (χ0) is 35.6. The van der Waals surface area contributed by atoms with Crippen LogP contribution in [0.5, 0.6) is 0 Å². The third kappa shape index (κ3) is 5.01. The minimum Gasteiger partial charge on any atom is -0.456 e. The highest BCUT2D eigenvalue weighted by atomic mass is 16.3. The zero-order valence-corrected chi connectivity index (χ0v) is 29.0. The molecule has 0 spiro atoms. The van der Waals surface area contributed by atoms with Crippen molar-refractivity contribution in [1.29, 1.82) is 0 Å². The van der Waals surface area contributed by atoms with Crippen LogP contribution in [0.1, 0.15) is 22.9 Å². The van der Waals surface area contributed by atoms with Crippen LogP contribution < -0.4 is 5.32 Å². The van der Waals surface area contributed by atoms with Crippen molar-refractivity contribution in [2.24, 2.45) is 9.98 Å². The molecule has 0 fully saturated rings. The van der Waals surface area contributed by atoms with Crippen molar-refractivity contribution in [2.45, 2.75) is 6.17 Å². The Morgan fingerprint density at radius 1 is 0.426 bits per heavy atom. The fourth-order valence-electron chi connectivity index (χ4n) is 7.94. The average molecular weight is 694 g/mol. The molecule has 1 atom stereocenters. The van der Waals surface area contributed by atoms with Gasteiger partial charge in [0, 0.05) is 38.2 Å². The topological polar surface area (TPSA) is 63.0 Å². The Morgan fingerprint density at radius 3 is 1.87 bits per heavy atom. The maximum absolute atomic E-state index is 6.62. The van der Waals surface area contributed by atoms with E-state index in [1.165, 1.54) is 10.9 Å². The minimum atomic E-state index is -0.475. The van der Waals surface area contributed by atoms with E-state index in [0.717, 1.165) is 88.5 Å². The number of furan rings is 2. The van der Waals surface area contributed by atoms with Crippen molar-refractivity contribution >= 4 is 66.3 Å². The summed E-state index contributed by atoms with van der Waals surface area (Å²) < 4.78 is 12.9. The van der Waals surface area contributed by atoms with Crippen molar-refractivity contribution in [3.63, 3.8) is 0 Å². The van der Waals surface area contributed by atoms with Gasteiger partial charge in [-0.1, -0.05) is 140 Å². The molecule has 2 aromatic heterocycles. The van der Waals surface area contributed by atoms with E-state index in [0.29, 0.717) is 5.84 Å². The number of hydrogen-bond donors (Lipinski definition) is 1. The Morgan fingerprint density at radius 2 is 1.06 bits per heavy atom. The Labute approximate surface area is 310 Å². The Bertz CT molecular complexity index is 3130. The van der Waals surface area contributed by atoms with Crippen LogP contribution in [0, 0.1) is 0 Å². The predicted molar refractivity (Wildman–Crippen MR) is 221 cm³/mol. The Hall–Kier alpha value is -7.24. The number of aliphatic imine (C=N–C) groups is 2. The first-order valence-electron chi connectivity index (χ1n) is 18.2. The van der Waals surface area contributed by atoms with Crippen LogP contribution in [0.15, 0.2) is 195 Å². The molecule has 3 heterocycles. The lowest BCUT2D eigenvalue weighted by molar-refractivity contribution is 0.662. The van der Waals surface area contributed by atoms with Crippen molar-refractivity contribution in [3.8, 4) is 22.3 Å². The first-order valence-corrected chi connectivity index (χ1v) is 18.2. The van der Waals surface area contributed by atoms with Gasteiger partial charge in [-0.15, -0.1) is 0 Å². The van der Waals surface area contributed by atoms with Gasteiger partial charge < -0.3 is 14.2 Å². The zero-order valence-electron chi connectivity index (χ0n) is 29.0. The summed E-state index contributed by atoms with van der Waals surface area (Å²) >= 11 is 0. The monoisotopic (exact) mass is 693 g/mol. The third-order valence-electron chi connectivity index (χ3n) is 10.5. The highest BCUT2D eigenvalue weighted by molar-refractivity contribution is 6.16. The van der Waals surface area contributed by atoms with Crippen LogP contribution in [0.3, 0.4) is 0 Å². The van der Waals surface area contributed by atoms with Gasteiger partial charge in [0.2, 0.25) is 0 Å². The van der Waals surface area contributed by atoms with Gasteiger partial charge in [-0.05, 0) is 69.4 Å². The second-order valence-corrected chi connectivity index (χ2v) is 13.8. The van der Waals surface area contributed by atoms with E-state index in [-0.39, 0.29) is 0 Å². The molecule has 5 heteroatoms. The van der Waals surface area contributed by atoms with Crippen LogP contribution in [-0.2, 0) is 0 Å². The summed E-state index contributed by atoms with van der Waals surface area (Å²) in [6.45, 7) is 0. The number of benzene rings is 8. The quantitative estimate of drug-likeness (QED) is 0.195. The first kappa shape index (κ1) is 30.4. The lowest BCUT2D eigenvalue weighted by Crippen LogP contribution is -2.33. The van der Waals surface area contributed by atoms with Gasteiger partial charge in [-0.25, -0.2) is 9.98 Å². The number of nitrogens with one attached hydrogen (secondary N) is 1. The lowest BCUT2D eigenvalue weighted by atomic mass is 9.94. The lowest BCUT2D eigenvalue weighted by Gasteiger charge is -2.25. The second-order valence-electron chi connectivity index (χ2n) is 13.8. The third-order valence-corrected chi connectivity index (χ3v) is 10.5. The smallest absolute Gasteiger partial charge is 0.159 e. The summed E-state index contributed by atoms with van der Waals surface area (Å²) in [6.07, 6.45) is -0.475. The highest BCUT2D eigenvalue weighted by Gasteiger charge is 2.26. The molecule has 11 rings (SSSR count). The number of fused-ring (bicyclic) bond motifs is 7. The summed E-state index contributed by atoms with van der Waals surface area (Å²) in [4.78, 5) is 10.6. The van der Waals surface area contributed by atoms with E-state index in [1.807, 2.05) is 36.4 Å². The maximum Gasteiger partial charge on any atom is 0.159 e. The van der Waals surface area contributed by atoms with Gasteiger partial charge in [-0.2, -0.15) is 0 Å². The molecule has 1 N–H and O–H groups in total. The molecule has 1 unspecified atom stereocenters. The summed E-state index contributed by atoms with van der Waals surface area (Å²) in [5.74, 6) is 1.42. The molecule has 0 radical (unpaired) electrons. The number of para-hydroxylation sites is 2. The molecule has 10 aromatic rings. The van der Waals surface area contributed by atoms with Crippen molar-refractivity contribution < 1.29 is 8.83 Å². The molecule has 8 aromatic carbocycles. The van der Waals surface area contributed by atoms with Crippen LogP contribution in [0.25, 0.3) is 76.9 Å². The molecule has 0 aliphatic carbocycles. The van der Waals surface area contributed by atoms with E-state index >= 15 is 0 Å². The Kier molecular flexibility index (Phi) is 6.85. The molecular formula is C49H31N3O2. The fourth-order valence-corrected chi connectivity index (χ4v) is 7.94. The second kappa shape index (κ2) is 12.2. The molecule has 1 aliphatic rings. The maximum atomic E-state index is 6.62. The van der Waals surface area contributed by atoms with Crippen LogP contribution in [-0.4, -0.2) is 11.7 Å². The standard InChI is InChI=1S/C49H31N3O2/c1-2-11-30(12-3-1)32-21-24-33(25-22-32)47-50-48(35-26-23-31-13-4-5-14-34(31)27-35)52-49(51-47)40-28-36(29-44-46(40)39-16-7-9-19-42(39)54-44)37-17-10-20-43-45(37)38-15-6-8-18-41(38)53-43/h1-29,49H,(H,50,51,52). The van der Waals surface area contributed by atoms with Gasteiger partial charge in [0.15, 0.2) is 5.84 Å². The van der Waals surface area contributed by atoms with Gasteiger partial charge in [-0.3, -0.25) is 0 Å². The number of hydrogen-bond acceptors (Lipinski definition) is 5. The van der Waals surface area contributed by atoms with Gasteiger partial charge in [0.05, 0.1) is 0 Å². The Balaban J connectivity index is 1.13. The van der Waals surface area contributed by atoms with Crippen molar-refractivity contribution in [3.05, 3.63) is 193 Å². The highest BCUT2D eigenvalue weighted by Crippen LogP contribution is 2.42. The van der Waals surface area contributed by atoms with Gasteiger partial charge in [0.1, 0.15) is 34.3 Å². The molecule has 254 valence electrons. The molecule has 0 saturated heterocycles. The molecule has 1 aliphatic heterocycles. The van der Waals surface area contributed by atoms with E-state index in [2.05, 4.69) is 145 Å². The van der Waals surface area contributed by atoms with Crippen molar-refractivity contribution in [1.82, 2.24) is 5.32 Å². The van der Waals surface area contributed by atoms with E-state index in [9.17, 15) is 0 Å². The molecule has 0 bridgehead atoms. The summed E-state index contributed by atoms with van der Waals surface area (Å²) in [6, 6.07) is 61.0. The van der Waals surface area contributed by atoms with Gasteiger partial charge in [0.25, 0.3) is 0 Å². The van der Waals surface area contributed by atoms with Crippen molar-refractivity contribution in [2.75, 3.05) is 0 Å². The normalized spacial score (nSPS) is 14.5. The number of nitrogens with zero attached hydrogens (tertiary/aromatic N) is 2. The number of amidine groups is 2. The van der Waals surface area contributed by atoms with Gasteiger partial charge >= 0.3 is 0 Å². The summed E-state index contributed by atoms with van der Waals surface area (Å²) in [5.41, 5.74) is 10.7.